The summed E-state index contributed by atoms with van der Waals surface area (Å²) in [5.74, 6) is 0.318. The van der Waals surface area contributed by atoms with E-state index in [-0.39, 0.29) is 72.2 Å². The quantitative estimate of drug-likeness (QED) is 0.0869. The number of carbonyl (C=O) groups is 4. The summed E-state index contributed by atoms with van der Waals surface area (Å²) in [5.41, 5.74) is 9.43. The van der Waals surface area contributed by atoms with E-state index in [2.05, 4.69) is 130 Å². The molecule has 0 unspecified atom stereocenters. The molecule has 8 heteroatoms. The number of anilines is 2. The summed E-state index contributed by atoms with van der Waals surface area (Å²) in [5, 5.41) is 17.6. The molecule has 2 atom stereocenters. The molecule has 9 rings (SSSR count). The zero-order chi connectivity index (χ0) is 48.7. The third-order valence-corrected chi connectivity index (χ3v) is 15.2. The van der Waals surface area contributed by atoms with Crippen molar-refractivity contribution in [2.75, 3.05) is 10.6 Å². The molecule has 358 valence electrons. The highest BCUT2D eigenvalue weighted by atomic mass is 16.2. The summed E-state index contributed by atoms with van der Waals surface area (Å²) in [7, 11) is 0. The lowest BCUT2D eigenvalue weighted by Gasteiger charge is -2.30. The first-order valence-corrected chi connectivity index (χ1v) is 25.6. The van der Waals surface area contributed by atoms with Crippen LogP contribution in [0.1, 0.15) is 138 Å². The van der Waals surface area contributed by atoms with E-state index in [1.165, 1.54) is 11.1 Å². The summed E-state index contributed by atoms with van der Waals surface area (Å²) in [6, 6.07) is 50.0. The lowest BCUT2D eigenvalue weighted by atomic mass is 9.76. The molecule has 2 fully saturated rings. The van der Waals surface area contributed by atoms with Gasteiger partial charge in [-0.15, -0.1) is 0 Å². The first-order chi connectivity index (χ1) is 34.1. The molecular weight excluding hydrogens is 865 g/mol. The molecule has 2 aliphatic carbocycles. The Bertz CT molecular complexity index is 2790. The van der Waals surface area contributed by atoms with Crippen molar-refractivity contribution < 1.29 is 19.2 Å². The molecule has 0 aliphatic heterocycles. The van der Waals surface area contributed by atoms with Crippen molar-refractivity contribution in [2.45, 2.75) is 116 Å². The molecule has 8 nitrogen and oxygen atoms in total. The van der Waals surface area contributed by atoms with E-state index >= 15 is 0 Å². The zero-order valence-electron chi connectivity index (χ0n) is 41.0. The lowest BCUT2D eigenvalue weighted by Crippen LogP contribution is -2.34. The highest BCUT2D eigenvalue weighted by Gasteiger charge is 2.32. The molecule has 0 spiro atoms. The van der Waals surface area contributed by atoms with Crippen LogP contribution in [0, 0.1) is 11.8 Å². The van der Waals surface area contributed by atoms with Crippen molar-refractivity contribution in [3.63, 3.8) is 0 Å². The molecule has 4 amide bonds. The van der Waals surface area contributed by atoms with Crippen molar-refractivity contribution in [3.8, 4) is 22.3 Å². The van der Waals surface area contributed by atoms with Gasteiger partial charge in [0.25, 0.3) is 0 Å². The second-order valence-electron chi connectivity index (χ2n) is 19.6. The van der Waals surface area contributed by atoms with Crippen molar-refractivity contribution in [1.29, 1.82) is 0 Å². The minimum atomic E-state index is -0.151. The molecule has 0 bridgehead atoms. The SMILES string of the molecule is CCC(=O)Nc1c(-c2cccc3cccc(C4CCC(C(=O)N[C@H](C)c5ccccc5)CC4)c23)ccc(-c2cccc3cccc(C4CCC(C(=O)N[C@H](C)c5ccccc5)CC4)c23)c1NC(=O)CC. The smallest absolute Gasteiger partial charge is 0.224 e. The van der Waals surface area contributed by atoms with Crippen LogP contribution in [0.5, 0.6) is 0 Å². The predicted molar refractivity (Wildman–Crippen MR) is 286 cm³/mol. The van der Waals surface area contributed by atoms with Crippen LogP contribution in [0.2, 0.25) is 0 Å². The largest absolute Gasteiger partial charge is 0.349 e. The van der Waals surface area contributed by atoms with Crippen LogP contribution in [0.25, 0.3) is 43.8 Å². The third kappa shape index (κ3) is 10.3. The van der Waals surface area contributed by atoms with Gasteiger partial charge in [0.2, 0.25) is 23.6 Å². The number of rotatable bonds is 14. The Morgan fingerprint density at radius 2 is 0.786 bits per heavy atom. The van der Waals surface area contributed by atoms with Crippen molar-refractivity contribution >= 4 is 56.5 Å². The van der Waals surface area contributed by atoms with Crippen LogP contribution in [-0.4, -0.2) is 23.6 Å². The van der Waals surface area contributed by atoms with Gasteiger partial charge in [0, 0.05) is 35.8 Å². The fourth-order valence-corrected chi connectivity index (χ4v) is 11.3. The summed E-state index contributed by atoms with van der Waals surface area (Å²) in [6.07, 6.45) is 7.25. The standard InChI is InChI=1S/C62H66N4O4/c1-5-55(67)65-59-53(51-27-15-23-45-21-13-25-49(57(45)51)43-29-33-47(34-30-43)61(69)63-39(3)41-17-9-7-10-18-41)37-38-54(60(59)66-56(68)6-2)52-28-16-24-46-22-14-26-50(58(46)52)44-31-35-48(36-32-44)62(70)64-40(4)42-19-11-8-12-20-42/h7-28,37-40,43-44,47-48H,5-6,29-36H2,1-4H3,(H,63,69)(H,64,70)(H,65,67)(H,66,68)/t39-,40-,43?,44?,47?,48?/m1/s1. The van der Waals surface area contributed by atoms with Gasteiger partial charge in [-0.25, -0.2) is 0 Å². The minimum absolute atomic E-state index is 0.0461. The third-order valence-electron chi connectivity index (χ3n) is 15.2. The van der Waals surface area contributed by atoms with E-state index in [1.54, 1.807) is 0 Å². The maximum atomic E-state index is 13.7. The highest BCUT2D eigenvalue weighted by Crippen LogP contribution is 2.49. The van der Waals surface area contributed by atoms with E-state index in [1.807, 2.05) is 64.1 Å². The van der Waals surface area contributed by atoms with Gasteiger partial charge in [-0.2, -0.15) is 0 Å². The Hall–Kier alpha value is -7.06. The summed E-state index contributed by atoms with van der Waals surface area (Å²) in [4.78, 5) is 54.6. The summed E-state index contributed by atoms with van der Waals surface area (Å²) < 4.78 is 0. The fourth-order valence-electron chi connectivity index (χ4n) is 11.3. The van der Waals surface area contributed by atoms with Gasteiger partial charge in [0.1, 0.15) is 0 Å². The van der Waals surface area contributed by atoms with Gasteiger partial charge in [0.05, 0.1) is 23.5 Å². The molecular formula is C62H66N4O4. The first kappa shape index (κ1) is 48.0. The average molecular weight is 931 g/mol. The lowest BCUT2D eigenvalue weighted by molar-refractivity contribution is -0.127. The summed E-state index contributed by atoms with van der Waals surface area (Å²) >= 11 is 0. The van der Waals surface area contributed by atoms with Crippen LogP contribution in [-0.2, 0) is 19.2 Å². The predicted octanol–water partition coefficient (Wildman–Crippen LogP) is 14.3. The Morgan fingerprint density at radius 3 is 1.14 bits per heavy atom. The Balaban J connectivity index is 1.06. The first-order valence-electron chi connectivity index (χ1n) is 25.6. The Morgan fingerprint density at radius 1 is 0.429 bits per heavy atom. The van der Waals surface area contributed by atoms with Gasteiger partial charge >= 0.3 is 0 Å². The van der Waals surface area contributed by atoms with E-state index in [0.717, 1.165) is 106 Å². The van der Waals surface area contributed by atoms with Crippen LogP contribution < -0.4 is 21.3 Å². The number of benzene rings is 7. The number of hydrogen-bond donors (Lipinski definition) is 4. The monoisotopic (exact) mass is 931 g/mol. The molecule has 0 saturated heterocycles. The van der Waals surface area contributed by atoms with Crippen LogP contribution in [0.3, 0.4) is 0 Å². The van der Waals surface area contributed by atoms with E-state index in [4.69, 9.17) is 0 Å². The van der Waals surface area contributed by atoms with Crippen LogP contribution in [0.15, 0.2) is 146 Å². The average Bonchev–Trinajstić information content (AvgIpc) is 3.41. The van der Waals surface area contributed by atoms with Crippen LogP contribution in [0.4, 0.5) is 11.4 Å². The van der Waals surface area contributed by atoms with Crippen LogP contribution >= 0.6 is 0 Å². The molecule has 0 radical (unpaired) electrons. The molecule has 70 heavy (non-hydrogen) atoms. The Kier molecular flexibility index (Phi) is 14.9. The van der Waals surface area contributed by atoms with Gasteiger partial charge in [-0.1, -0.05) is 159 Å². The summed E-state index contributed by atoms with van der Waals surface area (Å²) in [6.45, 7) is 7.78. The number of amides is 4. The normalized spacial score (nSPS) is 18.9. The second kappa shape index (κ2) is 21.7. The maximum Gasteiger partial charge on any atom is 0.224 e. The van der Waals surface area contributed by atoms with Gasteiger partial charge < -0.3 is 21.3 Å². The molecule has 7 aromatic rings. The minimum Gasteiger partial charge on any atom is -0.349 e. The van der Waals surface area contributed by atoms with Crippen molar-refractivity contribution in [1.82, 2.24) is 10.6 Å². The number of carbonyl (C=O) groups excluding carboxylic acids is 4. The van der Waals surface area contributed by atoms with Gasteiger partial charge in [-0.05, 0) is 132 Å². The maximum absolute atomic E-state index is 13.7. The van der Waals surface area contributed by atoms with Gasteiger partial charge in [-0.3, -0.25) is 19.2 Å². The number of nitrogens with one attached hydrogen (secondary N) is 4. The molecule has 4 N–H and O–H groups in total. The van der Waals surface area contributed by atoms with E-state index in [9.17, 15) is 19.2 Å². The van der Waals surface area contributed by atoms with E-state index in [0.29, 0.717) is 11.4 Å². The van der Waals surface area contributed by atoms with Crippen molar-refractivity contribution in [2.24, 2.45) is 11.8 Å². The fraction of sp³-hybridized carbons (Fsp3) is 0.323. The van der Waals surface area contributed by atoms with E-state index < -0.39 is 0 Å². The number of fused-ring (bicyclic) bond motifs is 2. The molecule has 2 saturated carbocycles. The second-order valence-corrected chi connectivity index (χ2v) is 19.6. The Labute approximate surface area is 413 Å². The molecule has 0 heterocycles. The highest BCUT2D eigenvalue weighted by molar-refractivity contribution is 6.14. The molecule has 7 aromatic carbocycles. The van der Waals surface area contributed by atoms with Crippen molar-refractivity contribution in [3.05, 3.63) is 168 Å². The number of hydrogen-bond acceptors (Lipinski definition) is 4. The van der Waals surface area contributed by atoms with Gasteiger partial charge in [0.15, 0.2) is 0 Å². The molecule has 0 aromatic heterocycles. The molecule has 2 aliphatic rings. The topological polar surface area (TPSA) is 116 Å². The zero-order valence-corrected chi connectivity index (χ0v) is 41.0.